The highest BCUT2D eigenvalue weighted by atomic mass is 16.3. The normalized spacial score (nSPS) is 16.1. The van der Waals surface area contributed by atoms with Crippen LogP contribution in [0.25, 0.3) is 0 Å². The minimum absolute atomic E-state index is 0.00899. The van der Waals surface area contributed by atoms with E-state index in [2.05, 4.69) is 0 Å². The van der Waals surface area contributed by atoms with E-state index >= 15 is 0 Å². The van der Waals surface area contributed by atoms with Gasteiger partial charge >= 0.3 is 0 Å². The molecule has 1 aliphatic rings. The van der Waals surface area contributed by atoms with Crippen molar-refractivity contribution in [2.75, 3.05) is 26.2 Å². The van der Waals surface area contributed by atoms with Crippen molar-refractivity contribution in [3.63, 3.8) is 0 Å². The summed E-state index contributed by atoms with van der Waals surface area (Å²) in [6, 6.07) is 0. The fourth-order valence-corrected chi connectivity index (χ4v) is 2.85. The SMILES string of the molecule is Cc1oc(C)c(C(=O)N2CCN(C(=O)C(C)(C)C)CC2)c1C. The molecule has 1 aromatic heterocycles. The predicted octanol–water partition coefficient (Wildman–Crippen LogP) is 2.54. The standard InChI is InChI=1S/C17H26N2O3/c1-11-12(2)22-13(3)14(11)15(20)18-7-9-19(10-8-18)16(21)17(4,5)6/h7-10H2,1-6H3. The van der Waals surface area contributed by atoms with E-state index in [-0.39, 0.29) is 17.2 Å². The Morgan fingerprint density at radius 3 is 1.82 bits per heavy atom. The van der Waals surface area contributed by atoms with Gasteiger partial charge in [-0.25, -0.2) is 0 Å². The maximum absolute atomic E-state index is 12.7. The molecule has 2 amide bonds. The average molecular weight is 306 g/mol. The Labute approximate surface area is 132 Å². The lowest BCUT2D eigenvalue weighted by Crippen LogP contribution is -2.53. The monoisotopic (exact) mass is 306 g/mol. The van der Waals surface area contributed by atoms with Crippen LogP contribution in [0.1, 0.15) is 48.2 Å². The van der Waals surface area contributed by atoms with Crippen molar-refractivity contribution in [3.8, 4) is 0 Å². The number of aryl methyl sites for hydroxylation is 2. The first-order valence-corrected chi connectivity index (χ1v) is 7.78. The zero-order valence-corrected chi connectivity index (χ0v) is 14.4. The molecular weight excluding hydrogens is 280 g/mol. The Balaban J connectivity index is 2.06. The minimum Gasteiger partial charge on any atom is -0.466 e. The number of nitrogens with zero attached hydrogens (tertiary/aromatic N) is 2. The Kier molecular flexibility index (Phi) is 4.36. The van der Waals surface area contributed by atoms with Crippen molar-refractivity contribution in [1.29, 1.82) is 0 Å². The first kappa shape index (κ1) is 16.6. The van der Waals surface area contributed by atoms with E-state index < -0.39 is 0 Å². The summed E-state index contributed by atoms with van der Waals surface area (Å²) < 4.78 is 5.55. The van der Waals surface area contributed by atoms with Gasteiger partial charge in [-0.15, -0.1) is 0 Å². The second-order valence-corrected chi connectivity index (χ2v) is 7.05. The maximum atomic E-state index is 12.7. The van der Waals surface area contributed by atoms with E-state index in [0.717, 1.165) is 11.3 Å². The molecule has 5 heteroatoms. The third kappa shape index (κ3) is 3.03. The highest BCUT2D eigenvalue weighted by molar-refractivity contribution is 5.97. The molecule has 22 heavy (non-hydrogen) atoms. The first-order chi connectivity index (χ1) is 10.1. The molecule has 2 heterocycles. The summed E-state index contributed by atoms with van der Waals surface area (Å²) >= 11 is 0. The number of carbonyl (C=O) groups is 2. The average Bonchev–Trinajstić information content (AvgIpc) is 2.70. The molecule has 122 valence electrons. The van der Waals surface area contributed by atoms with Gasteiger partial charge < -0.3 is 14.2 Å². The summed E-state index contributed by atoms with van der Waals surface area (Å²) in [5.41, 5.74) is 1.21. The van der Waals surface area contributed by atoms with Crippen LogP contribution in [-0.4, -0.2) is 47.8 Å². The molecule has 0 aliphatic carbocycles. The molecule has 1 fully saturated rings. The Morgan fingerprint density at radius 2 is 1.41 bits per heavy atom. The number of hydrogen-bond acceptors (Lipinski definition) is 3. The first-order valence-electron chi connectivity index (χ1n) is 7.78. The van der Waals surface area contributed by atoms with Gasteiger partial charge in [0.2, 0.25) is 5.91 Å². The highest BCUT2D eigenvalue weighted by Crippen LogP contribution is 2.24. The lowest BCUT2D eigenvalue weighted by molar-refractivity contribution is -0.140. The van der Waals surface area contributed by atoms with Crippen LogP contribution in [-0.2, 0) is 4.79 Å². The molecule has 0 aromatic carbocycles. The molecule has 0 radical (unpaired) electrons. The highest BCUT2D eigenvalue weighted by Gasteiger charge is 2.32. The van der Waals surface area contributed by atoms with Crippen LogP contribution in [0.2, 0.25) is 0 Å². The largest absolute Gasteiger partial charge is 0.466 e. The van der Waals surface area contributed by atoms with E-state index in [4.69, 9.17) is 4.42 Å². The van der Waals surface area contributed by atoms with E-state index in [9.17, 15) is 9.59 Å². The number of carbonyl (C=O) groups excluding carboxylic acids is 2. The second-order valence-electron chi connectivity index (χ2n) is 7.05. The van der Waals surface area contributed by atoms with Gasteiger partial charge in [-0.1, -0.05) is 20.8 Å². The molecule has 0 unspecified atom stereocenters. The van der Waals surface area contributed by atoms with Crippen LogP contribution >= 0.6 is 0 Å². The van der Waals surface area contributed by atoms with Crippen LogP contribution in [0.4, 0.5) is 0 Å². The Bertz CT molecular complexity index is 588. The van der Waals surface area contributed by atoms with Crippen LogP contribution in [0.5, 0.6) is 0 Å². The molecule has 1 aromatic rings. The zero-order valence-electron chi connectivity index (χ0n) is 14.4. The topological polar surface area (TPSA) is 53.8 Å². The summed E-state index contributed by atoms with van der Waals surface area (Å²) in [4.78, 5) is 28.6. The molecule has 0 bridgehead atoms. The van der Waals surface area contributed by atoms with Crippen molar-refractivity contribution in [3.05, 3.63) is 22.6 Å². The van der Waals surface area contributed by atoms with E-state index in [1.807, 2.05) is 51.3 Å². The van der Waals surface area contributed by atoms with Crippen molar-refractivity contribution in [2.24, 2.45) is 5.41 Å². The number of rotatable bonds is 1. The van der Waals surface area contributed by atoms with Gasteiger partial charge in [0, 0.05) is 37.2 Å². The van der Waals surface area contributed by atoms with Gasteiger partial charge in [-0.2, -0.15) is 0 Å². The third-order valence-corrected chi connectivity index (χ3v) is 4.27. The van der Waals surface area contributed by atoms with Crippen molar-refractivity contribution in [2.45, 2.75) is 41.5 Å². The quantitative estimate of drug-likeness (QED) is 0.801. The predicted molar refractivity (Wildman–Crippen MR) is 84.9 cm³/mol. The van der Waals surface area contributed by atoms with E-state index in [0.29, 0.717) is 37.5 Å². The van der Waals surface area contributed by atoms with Gasteiger partial charge in [0.1, 0.15) is 11.5 Å². The molecule has 0 atom stereocenters. The van der Waals surface area contributed by atoms with Crippen molar-refractivity contribution in [1.82, 2.24) is 9.80 Å². The van der Waals surface area contributed by atoms with E-state index in [1.165, 1.54) is 0 Å². The van der Waals surface area contributed by atoms with Crippen LogP contribution < -0.4 is 0 Å². The smallest absolute Gasteiger partial charge is 0.257 e. The summed E-state index contributed by atoms with van der Waals surface area (Å²) in [6.45, 7) is 13.7. The number of hydrogen-bond donors (Lipinski definition) is 0. The lowest BCUT2D eigenvalue weighted by atomic mass is 9.94. The van der Waals surface area contributed by atoms with Gasteiger partial charge in [-0.3, -0.25) is 9.59 Å². The lowest BCUT2D eigenvalue weighted by Gasteiger charge is -2.37. The van der Waals surface area contributed by atoms with Gasteiger partial charge in [0.05, 0.1) is 5.56 Å². The minimum atomic E-state index is -0.374. The number of piperazine rings is 1. The molecule has 5 nitrogen and oxygen atoms in total. The molecule has 2 rings (SSSR count). The van der Waals surface area contributed by atoms with Gasteiger partial charge in [0.15, 0.2) is 0 Å². The summed E-state index contributed by atoms with van der Waals surface area (Å²) in [5.74, 6) is 1.62. The Hall–Kier alpha value is -1.78. The van der Waals surface area contributed by atoms with Crippen LogP contribution in [0.3, 0.4) is 0 Å². The summed E-state index contributed by atoms with van der Waals surface area (Å²) in [7, 11) is 0. The number of amides is 2. The van der Waals surface area contributed by atoms with Crippen LogP contribution in [0.15, 0.2) is 4.42 Å². The fraction of sp³-hybridized carbons (Fsp3) is 0.647. The van der Waals surface area contributed by atoms with Crippen molar-refractivity contribution >= 4 is 11.8 Å². The molecular formula is C17H26N2O3. The fourth-order valence-electron chi connectivity index (χ4n) is 2.85. The number of furan rings is 1. The summed E-state index contributed by atoms with van der Waals surface area (Å²) in [5, 5.41) is 0. The molecule has 0 N–H and O–H groups in total. The summed E-state index contributed by atoms with van der Waals surface area (Å²) in [6.07, 6.45) is 0. The third-order valence-electron chi connectivity index (χ3n) is 4.27. The molecule has 1 saturated heterocycles. The molecule has 0 saturated carbocycles. The maximum Gasteiger partial charge on any atom is 0.257 e. The zero-order chi connectivity index (χ0) is 16.7. The van der Waals surface area contributed by atoms with Crippen molar-refractivity contribution < 1.29 is 14.0 Å². The van der Waals surface area contributed by atoms with Gasteiger partial charge in [-0.05, 0) is 20.8 Å². The molecule has 0 spiro atoms. The Morgan fingerprint density at radius 1 is 0.909 bits per heavy atom. The second kappa shape index (κ2) is 5.78. The van der Waals surface area contributed by atoms with Gasteiger partial charge in [0.25, 0.3) is 5.91 Å². The molecule has 1 aliphatic heterocycles. The van der Waals surface area contributed by atoms with Crippen LogP contribution in [0, 0.1) is 26.2 Å². The van der Waals surface area contributed by atoms with E-state index in [1.54, 1.807) is 0 Å².